The molecule has 4 rings (SSSR count). The number of hydrogen-bond acceptors (Lipinski definition) is 4. The van der Waals surface area contributed by atoms with Gasteiger partial charge in [-0.25, -0.2) is 4.21 Å². The van der Waals surface area contributed by atoms with Crippen LogP contribution in [0.25, 0.3) is 0 Å². The van der Waals surface area contributed by atoms with Gasteiger partial charge in [-0.05, 0) is 104 Å². The number of rotatable bonds is 14. The summed E-state index contributed by atoms with van der Waals surface area (Å²) in [7, 11) is -3.14. The number of phenolic OH excluding ortho intramolecular Hbond substituents is 1. The van der Waals surface area contributed by atoms with E-state index in [0.717, 1.165) is 77.0 Å². The number of aromatic hydroxyl groups is 1. The van der Waals surface area contributed by atoms with Crippen molar-refractivity contribution in [3.05, 3.63) is 29.3 Å². The van der Waals surface area contributed by atoms with Crippen LogP contribution in [0.3, 0.4) is 0 Å². The molecule has 0 heterocycles. The molecule has 240 valence electrons. The third kappa shape index (κ3) is 7.62. The summed E-state index contributed by atoms with van der Waals surface area (Å²) in [5.41, 5.74) is 2.68. The number of fused-ring (bicyclic) bond motifs is 5. The molecule has 0 unspecified atom stereocenters. The number of nitrogens with one attached hydrogen (secondary N) is 1. The van der Waals surface area contributed by atoms with Crippen LogP contribution in [-0.4, -0.2) is 44.1 Å². The van der Waals surface area contributed by atoms with Crippen molar-refractivity contribution in [2.45, 2.75) is 127 Å². The Morgan fingerprint density at radius 3 is 2.29 bits per heavy atom. The Morgan fingerprint density at radius 1 is 0.952 bits per heavy atom. The van der Waals surface area contributed by atoms with Crippen LogP contribution in [-0.2, 0) is 16.1 Å². The number of alkyl halides is 5. The van der Waals surface area contributed by atoms with Crippen LogP contribution in [0.15, 0.2) is 18.2 Å². The molecule has 1 aromatic rings. The lowest BCUT2D eigenvalue weighted by Gasteiger charge is -2.53. The summed E-state index contributed by atoms with van der Waals surface area (Å²) in [4.78, 5) is 0. The standard InChI is InChI=1S/C32H48F5NO3S/c1-30-17-15-26-25-12-11-24(39)21-23(25)20-22(29(26)27(30)13-14-28(30)40)10-7-5-3-2-4-6-8-18-42(38,41)19-9-16-31(33,34)32(35,36)37/h11-12,21-22,26-29,38-40H,2-10,13-20H2,1H3/t22-,26-,27+,28+,29-,30+,42-/m1/s1. The zero-order chi connectivity index (χ0) is 30.8. The summed E-state index contributed by atoms with van der Waals surface area (Å²) in [6.45, 7) is 2.29. The molecular formula is C32H48F5NO3S. The largest absolute Gasteiger partial charge is 0.508 e. The number of hydrogen-bond donors (Lipinski definition) is 3. The van der Waals surface area contributed by atoms with E-state index in [2.05, 4.69) is 13.0 Å². The molecule has 0 aliphatic heterocycles. The van der Waals surface area contributed by atoms with Crippen LogP contribution in [0, 0.1) is 27.9 Å². The third-order valence-electron chi connectivity index (χ3n) is 10.8. The fraction of sp³-hybridized carbons (Fsp3) is 0.812. The maximum atomic E-state index is 13.0. The Morgan fingerprint density at radius 2 is 1.60 bits per heavy atom. The lowest BCUT2D eigenvalue weighted by Crippen LogP contribution is -2.47. The monoisotopic (exact) mass is 621 g/mol. The van der Waals surface area contributed by atoms with Crippen LogP contribution < -0.4 is 0 Å². The number of aliphatic hydroxyl groups is 1. The first kappa shape index (κ1) is 33.5. The molecule has 10 heteroatoms. The second-order valence-corrected chi connectivity index (χ2v) is 16.0. The van der Waals surface area contributed by atoms with E-state index in [0.29, 0.717) is 35.8 Å². The first-order valence-electron chi connectivity index (χ1n) is 15.8. The first-order valence-corrected chi connectivity index (χ1v) is 17.7. The topological polar surface area (TPSA) is 81.4 Å². The van der Waals surface area contributed by atoms with Crippen LogP contribution >= 0.6 is 0 Å². The fourth-order valence-corrected chi connectivity index (χ4v) is 9.91. The van der Waals surface area contributed by atoms with Crippen LogP contribution in [0.5, 0.6) is 5.75 Å². The van der Waals surface area contributed by atoms with Crippen LogP contribution in [0.4, 0.5) is 22.0 Å². The summed E-state index contributed by atoms with van der Waals surface area (Å²) in [6.07, 6.45) is 4.92. The van der Waals surface area contributed by atoms with E-state index in [1.54, 1.807) is 0 Å². The van der Waals surface area contributed by atoms with Gasteiger partial charge in [0, 0.05) is 27.7 Å². The molecule has 42 heavy (non-hydrogen) atoms. The number of halogens is 5. The van der Waals surface area contributed by atoms with Crippen molar-refractivity contribution in [3.8, 4) is 5.75 Å². The average molecular weight is 622 g/mol. The minimum atomic E-state index is -5.61. The maximum absolute atomic E-state index is 13.0. The average Bonchev–Trinajstić information content (AvgIpc) is 3.20. The highest BCUT2D eigenvalue weighted by molar-refractivity contribution is 7.92. The number of benzene rings is 1. The molecule has 0 spiro atoms. The molecule has 0 bridgehead atoms. The quantitative estimate of drug-likeness (QED) is 0.143. The van der Waals surface area contributed by atoms with Gasteiger partial charge < -0.3 is 10.2 Å². The highest BCUT2D eigenvalue weighted by Crippen LogP contribution is 2.62. The summed E-state index contributed by atoms with van der Waals surface area (Å²) in [5.74, 6) is -2.72. The Kier molecular flexibility index (Phi) is 10.6. The smallest absolute Gasteiger partial charge is 0.453 e. The minimum Gasteiger partial charge on any atom is -0.508 e. The number of unbranched alkanes of at least 4 members (excludes halogenated alkanes) is 6. The highest BCUT2D eigenvalue weighted by atomic mass is 32.2. The SMILES string of the molecule is C[C@]12CC[C@@H]3c4ccc(O)cc4C[C@@H](CCCCCCCCC[S@@](=N)(=O)CCCC(F)(F)C(F)(F)F)[C@H]3[C@@H]1CC[C@@H]2O. The van der Waals surface area contributed by atoms with Gasteiger partial charge in [0.25, 0.3) is 0 Å². The molecule has 3 aliphatic carbocycles. The lowest BCUT2D eigenvalue weighted by atomic mass is 9.52. The molecule has 3 N–H and O–H groups in total. The summed E-state index contributed by atoms with van der Waals surface area (Å²) >= 11 is 0. The molecule has 7 atom stereocenters. The van der Waals surface area contributed by atoms with Gasteiger partial charge in [0.2, 0.25) is 0 Å². The molecule has 0 amide bonds. The van der Waals surface area contributed by atoms with Crippen molar-refractivity contribution >= 4 is 9.73 Å². The van der Waals surface area contributed by atoms with Crippen molar-refractivity contribution in [1.82, 2.24) is 0 Å². The number of aliphatic hydroxyl groups excluding tert-OH is 1. The maximum Gasteiger partial charge on any atom is 0.453 e. The van der Waals surface area contributed by atoms with Gasteiger partial charge in [0.1, 0.15) is 5.75 Å². The van der Waals surface area contributed by atoms with E-state index in [-0.39, 0.29) is 17.3 Å². The Bertz CT molecular complexity index is 1160. The van der Waals surface area contributed by atoms with Gasteiger partial charge in [0.15, 0.2) is 0 Å². The van der Waals surface area contributed by atoms with Crippen molar-refractivity contribution in [3.63, 3.8) is 0 Å². The van der Waals surface area contributed by atoms with E-state index in [4.69, 9.17) is 4.78 Å². The number of phenols is 1. The molecule has 0 radical (unpaired) electrons. The zero-order valence-corrected chi connectivity index (χ0v) is 25.6. The predicted octanol–water partition coefficient (Wildman–Crippen LogP) is 8.98. The summed E-state index contributed by atoms with van der Waals surface area (Å²) in [6, 6.07) is 5.89. The van der Waals surface area contributed by atoms with Crippen molar-refractivity contribution in [2.24, 2.45) is 23.2 Å². The molecule has 3 aliphatic rings. The van der Waals surface area contributed by atoms with Crippen molar-refractivity contribution in [1.29, 1.82) is 4.78 Å². The Hall–Kier alpha value is -1.42. The minimum absolute atomic E-state index is 0.00439. The van der Waals surface area contributed by atoms with Gasteiger partial charge in [-0.15, -0.1) is 0 Å². The lowest BCUT2D eigenvalue weighted by molar-refractivity contribution is -0.284. The Labute approximate surface area is 247 Å². The molecule has 2 saturated carbocycles. The molecule has 2 fully saturated rings. The fourth-order valence-electron chi connectivity index (χ4n) is 8.43. The molecular weight excluding hydrogens is 573 g/mol. The molecule has 1 aromatic carbocycles. The second-order valence-electron chi connectivity index (χ2n) is 13.6. The summed E-state index contributed by atoms with van der Waals surface area (Å²) < 4.78 is 82.9. The van der Waals surface area contributed by atoms with Crippen LogP contribution in [0.1, 0.15) is 114 Å². The van der Waals surface area contributed by atoms with E-state index < -0.39 is 40.4 Å². The molecule has 0 saturated heterocycles. The summed E-state index contributed by atoms with van der Waals surface area (Å²) in [5, 5.41) is 21.0. The molecule has 0 aromatic heterocycles. The van der Waals surface area contributed by atoms with E-state index in [1.807, 2.05) is 12.1 Å². The van der Waals surface area contributed by atoms with Gasteiger partial charge >= 0.3 is 12.1 Å². The van der Waals surface area contributed by atoms with Gasteiger partial charge in [-0.3, -0.25) is 4.78 Å². The predicted molar refractivity (Wildman–Crippen MR) is 155 cm³/mol. The highest BCUT2D eigenvalue weighted by Gasteiger charge is 2.57. The first-order chi connectivity index (χ1) is 19.6. The van der Waals surface area contributed by atoms with Crippen molar-refractivity contribution < 1.29 is 36.4 Å². The molecule has 4 nitrogen and oxygen atoms in total. The van der Waals surface area contributed by atoms with E-state index in [1.165, 1.54) is 11.1 Å². The van der Waals surface area contributed by atoms with Crippen LogP contribution in [0.2, 0.25) is 0 Å². The van der Waals surface area contributed by atoms with E-state index in [9.17, 15) is 36.4 Å². The van der Waals surface area contributed by atoms with Gasteiger partial charge in [-0.2, -0.15) is 22.0 Å². The normalized spacial score (nSPS) is 30.8. The van der Waals surface area contributed by atoms with Gasteiger partial charge in [-0.1, -0.05) is 51.5 Å². The Balaban J connectivity index is 1.17. The van der Waals surface area contributed by atoms with E-state index >= 15 is 0 Å². The zero-order valence-electron chi connectivity index (χ0n) is 24.7. The third-order valence-corrected chi connectivity index (χ3v) is 12.7. The second kappa shape index (κ2) is 13.3. The van der Waals surface area contributed by atoms with Crippen molar-refractivity contribution in [2.75, 3.05) is 11.5 Å². The van der Waals surface area contributed by atoms with Gasteiger partial charge in [0.05, 0.1) is 6.10 Å².